The van der Waals surface area contributed by atoms with E-state index in [1.165, 1.54) is 11.6 Å². The summed E-state index contributed by atoms with van der Waals surface area (Å²) in [5, 5.41) is 9.27. The predicted octanol–water partition coefficient (Wildman–Crippen LogP) is 7.37. The van der Waals surface area contributed by atoms with Crippen molar-refractivity contribution in [3.8, 4) is 11.5 Å². The van der Waals surface area contributed by atoms with Crippen molar-refractivity contribution < 1.29 is 27.9 Å². The third-order valence-electron chi connectivity index (χ3n) is 8.38. The summed E-state index contributed by atoms with van der Waals surface area (Å²) in [5.74, 6) is -3.26. The first-order chi connectivity index (χ1) is 19.5. The van der Waals surface area contributed by atoms with E-state index in [4.69, 9.17) is 4.42 Å². The van der Waals surface area contributed by atoms with E-state index in [1.54, 1.807) is 41.3 Å². The van der Waals surface area contributed by atoms with E-state index in [9.17, 15) is 23.5 Å². The predicted molar refractivity (Wildman–Crippen MR) is 151 cm³/mol. The Kier molecular flexibility index (Phi) is 6.17. The quantitative estimate of drug-likeness (QED) is 0.266. The zero-order chi connectivity index (χ0) is 29.1. The van der Waals surface area contributed by atoms with Gasteiger partial charge in [0, 0.05) is 29.5 Å². The monoisotopic (exact) mass is 554 g/mol. The van der Waals surface area contributed by atoms with Crippen LogP contribution in [0.25, 0.3) is 28.1 Å². The number of oxazole rings is 1. The topological polar surface area (TPSA) is 83.6 Å². The van der Waals surface area contributed by atoms with Gasteiger partial charge in [-0.2, -0.15) is 4.39 Å². The summed E-state index contributed by atoms with van der Waals surface area (Å²) in [7, 11) is 0. The second-order valence-electron chi connectivity index (χ2n) is 11.5. The molecule has 41 heavy (non-hydrogen) atoms. The smallest absolute Gasteiger partial charge is 0.335 e. The van der Waals surface area contributed by atoms with E-state index in [0.717, 1.165) is 17.2 Å². The molecule has 208 valence electrons. The van der Waals surface area contributed by atoms with E-state index in [2.05, 4.69) is 37.9 Å². The molecule has 0 saturated carbocycles. The fourth-order valence-electron chi connectivity index (χ4n) is 6.43. The van der Waals surface area contributed by atoms with Gasteiger partial charge in [-0.3, -0.25) is 4.79 Å². The zero-order valence-corrected chi connectivity index (χ0v) is 22.9. The van der Waals surface area contributed by atoms with Gasteiger partial charge in [0.05, 0.1) is 11.1 Å². The molecule has 6 rings (SSSR count). The number of aromatic nitrogens is 1. The van der Waals surface area contributed by atoms with E-state index < -0.39 is 17.6 Å². The summed E-state index contributed by atoms with van der Waals surface area (Å²) in [5.41, 5.74) is 3.60. The van der Waals surface area contributed by atoms with Gasteiger partial charge in [-0.05, 0) is 54.0 Å². The molecular weight excluding hydrogens is 526 g/mol. The SMILES string of the molecule is CC1(C)C(c2ccc(C(=O)O)cc2)=CC[C@]2(C)CN(C(=O)c3ccccc3-c3nc4ccc(F)c(F)c4o3)CC=C12. The van der Waals surface area contributed by atoms with Crippen LogP contribution in [0.3, 0.4) is 0 Å². The molecule has 0 saturated heterocycles. The molecule has 2 heterocycles. The van der Waals surface area contributed by atoms with Gasteiger partial charge in [0.2, 0.25) is 11.7 Å². The summed E-state index contributed by atoms with van der Waals surface area (Å²) < 4.78 is 33.7. The van der Waals surface area contributed by atoms with Gasteiger partial charge in [-0.25, -0.2) is 14.2 Å². The van der Waals surface area contributed by atoms with Crippen molar-refractivity contribution >= 4 is 28.5 Å². The number of halogens is 2. The number of aromatic carboxylic acids is 1. The minimum atomic E-state index is -1.11. The fraction of sp³-hybridized carbons (Fsp3) is 0.242. The first-order valence-corrected chi connectivity index (χ1v) is 13.4. The van der Waals surface area contributed by atoms with Crippen molar-refractivity contribution in [2.75, 3.05) is 13.1 Å². The number of rotatable bonds is 4. The van der Waals surface area contributed by atoms with Gasteiger partial charge >= 0.3 is 5.97 Å². The summed E-state index contributed by atoms with van der Waals surface area (Å²) in [6.07, 6.45) is 5.03. The summed E-state index contributed by atoms with van der Waals surface area (Å²) in [4.78, 5) is 31.3. The molecule has 0 fully saturated rings. The minimum Gasteiger partial charge on any atom is -0.478 e. The molecule has 0 radical (unpaired) electrons. The van der Waals surface area contributed by atoms with Gasteiger partial charge in [0.15, 0.2) is 11.4 Å². The molecule has 1 aliphatic heterocycles. The second kappa shape index (κ2) is 9.51. The van der Waals surface area contributed by atoms with Gasteiger partial charge < -0.3 is 14.4 Å². The van der Waals surface area contributed by atoms with Crippen LogP contribution in [0.15, 0.2) is 82.8 Å². The third-order valence-corrected chi connectivity index (χ3v) is 8.38. The Balaban J connectivity index is 1.30. The van der Waals surface area contributed by atoms with Crippen LogP contribution in [-0.2, 0) is 0 Å². The number of fused-ring (bicyclic) bond motifs is 2. The Bertz CT molecular complexity index is 1780. The van der Waals surface area contributed by atoms with E-state index in [0.29, 0.717) is 30.6 Å². The van der Waals surface area contributed by atoms with Crippen LogP contribution in [-0.4, -0.2) is 40.0 Å². The van der Waals surface area contributed by atoms with E-state index in [-0.39, 0.29) is 39.3 Å². The Labute approximate surface area is 235 Å². The van der Waals surface area contributed by atoms with Gasteiger partial charge in [-0.15, -0.1) is 0 Å². The standard InChI is InChI=1S/C33H28F2N2O4/c1-32(2)23(19-8-10-20(11-9-19)31(39)40)14-16-33(3)18-37(17-15-26(32)33)30(38)22-7-5-4-6-21(22)29-36-25-13-12-24(34)27(35)28(25)41-29/h4-15H,16-18H2,1-3H3,(H,39,40)/t33-/m1/s1. The molecule has 1 aromatic heterocycles. The third kappa shape index (κ3) is 4.34. The Morgan fingerprint density at radius 3 is 2.44 bits per heavy atom. The number of benzene rings is 3. The Hall–Kier alpha value is -4.59. The lowest BCUT2D eigenvalue weighted by Gasteiger charge is -2.50. The van der Waals surface area contributed by atoms with Gasteiger partial charge in [-0.1, -0.05) is 62.8 Å². The maximum atomic E-state index is 14.3. The van der Waals surface area contributed by atoms with Crippen LogP contribution in [0, 0.1) is 22.5 Å². The molecule has 2 aliphatic rings. The molecule has 4 aromatic rings. The average molecular weight is 555 g/mol. The highest BCUT2D eigenvalue weighted by Gasteiger charge is 2.46. The zero-order valence-electron chi connectivity index (χ0n) is 22.9. The van der Waals surface area contributed by atoms with Gasteiger partial charge in [0.25, 0.3) is 5.91 Å². The molecular formula is C33H28F2N2O4. The number of nitrogens with zero attached hydrogens (tertiary/aromatic N) is 2. The number of carboxylic acids is 1. The van der Waals surface area contributed by atoms with Crippen molar-refractivity contribution in [1.82, 2.24) is 9.88 Å². The molecule has 1 aliphatic carbocycles. The minimum absolute atomic E-state index is 0.0493. The maximum Gasteiger partial charge on any atom is 0.335 e. The largest absolute Gasteiger partial charge is 0.478 e. The van der Waals surface area contributed by atoms with Crippen molar-refractivity contribution in [3.63, 3.8) is 0 Å². The first-order valence-electron chi connectivity index (χ1n) is 13.4. The van der Waals surface area contributed by atoms with Crippen LogP contribution in [0.2, 0.25) is 0 Å². The Morgan fingerprint density at radius 1 is 0.976 bits per heavy atom. The van der Waals surface area contributed by atoms with Gasteiger partial charge in [0.1, 0.15) is 5.52 Å². The number of amides is 1. The number of carboxylic acid groups (broad SMARTS) is 1. The number of hydrogen-bond acceptors (Lipinski definition) is 4. The van der Waals surface area contributed by atoms with Crippen LogP contribution in [0.4, 0.5) is 8.78 Å². The number of allylic oxidation sites excluding steroid dienone is 2. The molecule has 1 amide bonds. The van der Waals surface area contributed by atoms with Crippen LogP contribution in [0.1, 0.15) is 53.5 Å². The maximum absolute atomic E-state index is 14.3. The molecule has 0 spiro atoms. The first kappa shape index (κ1) is 26.6. The second-order valence-corrected chi connectivity index (χ2v) is 11.5. The van der Waals surface area contributed by atoms with Crippen LogP contribution < -0.4 is 0 Å². The van der Waals surface area contributed by atoms with Crippen molar-refractivity contribution in [2.45, 2.75) is 27.2 Å². The molecule has 3 aromatic carbocycles. The number of carbonyl (C=O) groups is 2. The molecule has 6 nitrogen and oxygen atoms in total. The van der Waals surface area contributed by atoms with E-state index in [1.807, 2.05) is 12.1 Å². The average Bonchev–Trinajstić information content (AvgIpc) is 3.39. The lowest BCUT2D eigenvalue weighted by Crippen LogP contribution is -2.48. The molecule has 8 heteroatoms. The lowest BCUT2D eigenvalue weighted by atomic mass is 9.58. The van der Waals surface area contributed by atoms with Crippen molar-refractivity contribution in [1.29, 1.82) is 0 Å². The summed E-state index contributed by atoms with van der Waals surface area (Å²) >= 11 is 0. The van der Waals surface area contributed by atoms with Crippen LogP contribution in [0.5, 0.6) is 0 Å². The summed E-state index contributed by atoms with van der Waals surface area (Å²) in [6, 6.07) is 16.2. The Morgan fingerprint density at radius 2 is 1.71 bits per heavy atom. The normalized spacial score (nSPS) is 19.9. The highest BCUT2D eigenvalue weighted by Crippen LogP contribution is 2.55. The van der Waals surface area contributed by atoms with Crippen molar-refractivity contribution in [3.05, 3.63) is 107 Å². The lowest BCUT2D eigenvalue weighted by molar-refractivity contribution is 0.0679. The molecule has 0 bridgehead atoms. The number of hydrogen-bond donors (Lipinski definition) is 1. The molecule has 1 N–H and O–H groups in total. The van der Waals surface area contributed by atoms with Crippen molar-refractivity contribution in [2.24, 2.45) is 10.8 Å². The molecule has 0 unspecified atom stereocenters. The van der Waals surface area contributed by atoms with Crippen LogP contribution >= 0.6 is 0 Å². The highest BCUT2D eigenvalue weighted by atomic mass is 19.2. The number of carbonyl (C=O) groups excluding carboxylic acids is 1. The highest BCUT2D eigenvalue weighted by molar-refractivity contribution is 6.00. The molecule has 1 atom stereocenters. The van der Waals surface area contributed by atoms with E-state index >= 15 is 0 Å². The summed E-state index contributed by atoms with van der Waals surface area (Å²) in [6.45, 7) is 7.37. The fourth-order valence-corrected chi connectivity index (χ4v) is 6.43.